The molecule has 0 unspecified atom stereocenters. The van der Waals surface area contributed by atoms with E-state index in [0.29, 0.717) is 37.0 Å². The molecule has 3 rings (SSSR count). The van der Waals surface area contributed by atoms with Crippen molar-refractivity contribution in [3.63, 3.8) is 0 Å². The van der Waals surface area contributed by atoms with Gasteiger partial charge < -0.3 is 13.8 Å². The van der Waals surface area contributed by atoms with Crippen molar-refractivity contribution in [2.75, 3.05) is 31.6 Å². The number of carbonyl (C=O) groups is 1. The maximum Gasteiger partial charge on any atom is 0.339 e. The fraction of sp³-hybridized carbons (Fsp3) is 0.350. The van der Waals surface area contributed by atoms with E-state index in [9.17, 15) is 13.2 Å². The molecule has 0 spiro atoms. The van der Waals surface area contributed by atoms with Crippen molar-refractivity contribution in [2.24, 2.45) is 5.92 Å². The molecule has 2 aromatic rings. The van der Waals surface area contributed by atoms with Gasteiger partial charge in [-0.3, -0.25) is 4.90 Å². The van der Waals surface area contributed by atoms with Crippen LogP contribution in [-0.2, 0) is 10.1 Å². The Kier molecular flexibility index (Phi) is 5.79. The number of urea groups is 1. The first-order valence-electron chi connectivity index (χ1n) is 9.05. The molecule has 0 N–H and O–H groups in total. The minimum Gasteiger partial charge on any atom is -0.497 e. The summed E-state index contributed by atoms with van der Waals surface area (Å²) in [4.78, 5) is 16.0. The first kappa shape index (κ1) is 20.0. The number of methoxy groups -OCH3 is 1. The van der Waals surface area contributed by atoms with Crippen molar-refractivity contribution in [2.45, 2.75) is 18.7 Å². The summed E-state index contributed by atoms with van der Waals surface area (Å²) >= 11 is 0. The summed E-state index contributed by atoms with van der Waals surface area (Å²) in [5.41, 5.74) is 0.666. The van der Waals surface area contributed by atoms with Crippen molar-refractivity contribution in [1.82, 2.24) is 4.90 Å². The van der Waals surface area contributed by atoms with E-state index in [0.717, 1.165) is 0 Å². The van der Waals surface area contributed by atoms with Crippen molar-refractivity contribution >= 4 is 21.8 Å². The van der Waals surface area contributed by atoms with Crippen LogP contribution in [0.1, 0.15) is 13.8 Å². The van der Waals surface area contributed by atoms with E-state index in [1.165, 1.54) is 31.4 Å². The van der Waals surface area contributed by atoms with Crippen LogP contribution in [-0.4, -0.2) is 46.1 Å². The Bertz CT molecular complexity index is 924. The first-order chi connectivity index (χ1) is 13.3. The zero-order chi connectivity index (χ0) is 20.3. The van der Waals surface area contributed by atoms with Crippen molar-refractivity contribution < 1.29 is 22.1 Å². The van der Waals surface area contributed by atoms with Crippen LogP contribution < -0.4 is 13.8 Å². The van der Waals surface area contributed by atoms with Crippen LogP contribution in [0.3, 0.4) is 0 Å². The summed E-state index contributed by atoms with van der Waals surface area (Å²) in [6.07, 6.45) is 0. The maximum atomic E-state index is 12.5. The molecule has 0 bridgehead atoms. The molecule has 2 aromatic carbocycles. The summed E-state index contributed by atoms with van der Waals surface area (Å²) in [5, 5.41) is 0. The maximum absolute atomic E-state index is 12.5. The standard InChI is InChI=1S/C20H24N2O5S/c1-15(2)14-21-12-13-22(20(21)23)16-4-10-19(11-5-16)28(24,25)27-18-8-6-17(26-3)7-9-18/h4-11,15H,12-14H2,1-3H3. The van der Waals surface area contributed by atoms with Gasteiger partial charge in [0, 0.05) is 25.3 Å². The van der Waals surface area contributed by atoms with E-state index >= 15 is 0 Å². The van der Waals surface area contributed by atoms with Crippen LogP contribution in [0.25, 0.3) is 0 Å². The van der Waals surface area contributed by atoms with Crippen molar-refractivity contribution in [1.29, 1.82) is 0 Å². The monoisotopic (exact) mass is 404 g/mol. The Morgan fingerprint density at radius 2 is 1.57 bits per heavy atom. The second-order valence-corrected chi connectivity index (χ2v) is 8.53. The summed E-state index contributed by atoms with van der Waals surface area (Å²) < 4.78 is 35.2. The third-order valence-corrected chi connectivity index (χ3v) is 5.64. The van der Waals surface area contributed by atoms with E-state index in [1.807, 2.05) is 4.90 Å². The minimum atomic E-state index is -3.97. The van der Waals surface area contributed by atoms with Crippen LogP contribution in [0, 0.1) is 5.92 Å². The number of hydrogen-bond acceptors (Lipinski definition) is 5. The van der Waals surface area contributed by atoms with Crippen LogP contribution >= 0.6 is 0 Å². The van der Waals surface area contributed by atoms with Crippen molar-refractivity contribution in [3.8, 4) is 11.5 Å². The van der Waals surface area contributed by atoms with Gasteiger partial charge in [0.15, 0.2) is 0 Å². The predicted octanol–water partition coefficient (Wildman–Crippen LogP) is 3.36. The molecule has 0 radical (unpaired) electrons. The number of benzene rings is 2. The molecule has 28 heavy (non-hydrogen) atoms. The van der Waals surface area contributed by atoms with Crippen LogP contribution in [0.4, 0.5) is 10.5 Å². The largest absolute Gasteiger partial charge is 0.497 e. The number of hydrogen-bond donors (Lipinski definition) is 0. The third kappa shape index (κ3) is 4.39. The Morgan fingerprint density at radius 1 is 0.964 bits per heavy atom. The topological polar surface area (TPSA) is 76.2 Å². The first-order valence-corrected chi connectivity index (χ1v) is 10.5. The quantitative estimate of drug-likeness (QED) is 0.662. The van der Waals surface area contributed by atoms with E-state index in [-0.39, 0.29) is 16.7 Å². The molecule has 2 amide bonds. The van der Waals surface area contributed by atoms with Gasteiger partial charge in [-0.05, 0) is 54.4 Å². The third-order valence-electron chi connectivity index (χ3n) is 4.38. The van der Waals surface area contributed by atoms with Gasteiger partial charge >= 0.3 is 16.1 Å². The lowest BCUT2D eigenvalue weighted by molar-refractivity contribution is 0.215. The van der Waals surface area contributed by atoms with Gasteiger partial charge in [-0.1, -0.05) is 13.8 Å². The molecule has 1 fully saturated rings. The van der Waals surface area contributed by atoms with E-state index < -0.39 is 10.1 Å². The molecule has 1 aliphatic rings. The Morgan fingerprint density at radius 3 is 2.14 bits per heavy atom. The highest BCUT2D eigenvalue weighted by Crippen LogP contribution is 2.25. The van der Waals surface area contributed by atoms with Gasteiger partial charge in [0.05, 0.1) is 7.11 Å². The molecule has 7 nitrogen and oxygen atoms in total. The summed E-state index contributed by atoms with van der Waals surface area (Å²) in [6.45, 7) is 6.09. The number of nitrogens with zero attached hydrogens (tertiary/aromatic N) is 2. The molecule has 0 atom stereocenters. The number of amides is 2. The Hall–Kier alpha value is -2.74. The molecular weight excluding hydrogens is 380 g/mol. The highest BCUT2D eigenvalue weighted by molar-refractivity contribution is 7.87. The highest BCUT2D eigenvalue weighted by atomic mass is 32.2. The highest BCUT2D eigenvalue weighted by Gasteiger charge is 2.30. The summed E-state index contributed by atoms with van der Waals surface area (Å²) in [5.74, 6) is 1.20. The average Bonchev–Trinajstić information content (AvgIpc) is 3.02. The number of ether oxygens (including phenoxy) is 1. The molecule has 150 valence electrons. The van der Waals surface area contributed by atoms with E-state index in [2.05, 4.69) is 13.8 Å². The number of rotatable bonds is 7. The summed E-state index contributed by atoms with van der Waals surface area (Å²) in [6, 6.07) is 12.4. The zero-order valence-electron chi connectivity index (χ0n) is 16.2. The van der Waals surface area contributed by atoms with Gasteiger partial charge in [0.1, 0.15) is 16.4 Å². The Labute approximate surface area is 165 Å². The fourth-order valence-electron chi connectivity index (χ4n) is 3.03. The zero-order valence-corrected chi connectivity index (χ0v) is 17.0. The molecule has 1 saturated heterocycles. The van der Waals surface area contributed by atoms with Crippen LogP contribution in [0.15, 0.2) is 53.4 Å². The molecule has 1 heterocycles. The lowest BCUT2D eigenvalue weighted by Gasteiger charge is -2.20. The summed E-state index contributed by atoms with van der Waals surface area (Å²) in [7, 11) is -2.44. The number of carbonyl (C=O) groups excluding carboxylic acids is 1. The molecular formula is C20H24N2O5S. The Balaban J connectivity index is 1.72. The molecule has 1 aliphatic heterocycles. The lowest BCUT2D eigenvalue weighted by Crippen LogP contribution is -2.34. The fourth-order valence-corrected chi connectivity index (χ4v) is 3.96. The van der Waals surface area contributed by atoms with Gasteiger partial charge in [-0.25, -0.2) is 4.79 Å². The van der Waals surface area contributed by atoms with Gasteiger partial charge in [0.2, 0.25) is 0 Å². The van der Waals surface area contributed by atoms with Gasteiger partial charge in [-0.15, -0.1) is 0 Å². The molecule has 0 aliphatic carbocycles. The van der Waals surface area contributed by atoms with Crippen LogP contribution in [0.5, 0.6) is 11.5 Å². The average molecular weight is 404 g/mol. The minimum absolute atomic E-state index is 0.0257. The normalized spacial score (nSPS) is 14.6. The van der Waals surface area contributed by atoms with E-state index in [1.54, 1.807) is 29.2 Å². The molecule has 0 saturated carbocycles. The van der Waals surface area contributed by atoms with Crippen molar-refractivity contribution in [3.05, 3.63) is 48.5 Å². The predicted molar refractivity (Wildman–Crippen MR) is 106 cm³/mol. The van der Waals surface area contributed by atoms with Gasteiger partial charge in [0.25, 0.3) is 0 Å². The molecule has 0 aromatic heterocycles. The van der Waals surface area contributed by atoms with Crippen LogP contribution in [0.2, 0.25) is 0 Å². The second kappa shape index (κ2) is 8.10. The second-order valence-electron chi connectivity index (χ2n) is 6.98. The molecule has 8 heteroatoms. The smallest absolute Gasteiger partial charge is 0.339 e. The number of anilines is 1. The SMILES string of the molecule is COc1ccc(OS(=O)(=O)c2ccc(N3CCN(CC(C)C)C3=O)cc2)cc1. The lowest BCUT2D eigenvalue weighted by atomic mass is 10.2. The van der Waals surface area contributed by atoms with E-state index in [4.69, 9.17) is 8.92 Å². The van der Waals surface area contributed by atoms with Gasteiger partial charge in [-0.2, -0.15) is 8.42 Å².